The molecular formula is C11H12ClN3O2S2. The number of aryl methyl sites for hydroxylation is 3. The van der Waals surface area contributed by atoms with Crippen molar-refractivity contribution in [3.05, 3.63) is 33.4 Å². The van der Waals surface area contributed by atoms with Crippen molar-refractivity contribution in [3.63, 3.8) is 0 Å². The lowest BCUT2D eigenvalue weighted by molar-refractivity contribution is 0.602. The first-order valence-corrected chi connectivity index (χ1v) is 8.07. The van der Waals surface area contributed by atoms with E-state index < -0.39 is 10.0 Å². The van der Waals surface area contributed by atoms with E-state index in [-0.39, 0.29) is 10.2 Å². The average molecular weight is 318 g/mol. The molecule has 2 aromatic rings. The number of aromatic nitrogens is 2. The smallest absolute Gasteiger partial charge is 0.246 e. The highest BCUT2D eigenvalue weighted by atomic mass is 35.5. The third-order valence-electron chi connectivity index (χ3n) is 2.31. The minimum absolute atomic E-state index is 0.0691. The summed E-state index contributed by atoms with van der Waals surface area (Å²) < 4.78 is 27.3. The number of halogens is 1. The molecule has 5 nitrogen and oxygen atoms in total. The summed E-state index contributed by atoms with van der Waals surface area (Å²) in [5.74, 6) is 0.0691. The fourth-order valence-corrected chi connectivity index (χ4v) is 4.16. The van der Waals surface area contributed by atoms with E-state index in [1.165, 1.54) is 6.07 Å². The second-order valence-electron chi connectivity index (χ2n) is 4.10. The van der Waals surface area contributed by atoms with Crippen molar-refractivity contribution in [2.45, 2.75) is 25.0 Å². The molecule has 2 aromatic heterocycles. The summed E-state index contributed by atoms with van der Waals surface area (Å²) in [5, 5.41) is 0. The molecular weight excluding hydrogens is 306 g/mol. The normalized spacial score (nSPS) is 11.6. The number of anilines is 1. The molecule has 2 rings (SSSR count). The molecule has 0 aromatic carbocycles. The van der Waals surface area contributed by atoms with Gasteiger partial charge in [0, 0.05) is 11.4 Å². The Hall–Kier alpha value is -1.18. The maximum absolute atomic E-state index is 12.2. The van der Waals surface area contributed by atoms with E-state index in [2.05, 4.69) is 14.7 Å². The van der Waals surface area contributed by atoms with Crippen molar-refractivity contribution in [2.75, 3.05) is 4.72 Å². The summed E-state index contributed by atoms with van der Waals surface area (Å²) >= 11 is 6.89. The third kappa shape index (κ3) is 3.23. The number of hydrogen-bond donors (Lipinski definition) is 1. The predicted octanol–water partition coefficient (Wildman–Crippen LogP) is 2.92. The van der Waals surface area contributed by atoms with Crippen LogP contribution < -0.4 is 4.72 Å². The lowest BCUT2D eigenvalue weighted by Gasteiger charge is -2.06. The number of hydrogen-bond acceptors (Lipinski definition) is 5. The molecule has 0 radical (unpaired) electrons. The van der Waals surface area contributed by atoms with Crippen molar-refractivity contribution >= 4 is 38.9 Å². The third-order valence-corrected chi connectivity index (χ3v) is 5.66. The minimum Gasteiger partial charge on any atom is -0.246 e. The molecule has 1 N–H and O–H groups in total. The highest BCUT2D eigenvalue weighted by molar-refractivity contribution is 7.94. The number of sulfonamides is 1. The largest absolute Gasteiger partial charge is 0.273 e. The molecule has 0 fully saturated rings. The summed E-state index contributed by atoms with van der Waals surface area (Å²) in [7, 11) is -3.69. The van der Waals surface area contributed by atoms with Gasteiger partial charge < -0.3 is 0 Å². The summed E-state index contributed by atoms with van der Waals surface area (Å²) in [4.78, 5) is 8.09. The van der Waals surface area contributed by atoms with Crippen molar-refractivity contribution in [2.24, 2.45) is 0 Å². The summed E-state index contributed by atoms with van der Waals surface area (Å²) in [6, 6.07) is 3.29. The highest BCUT2D eigenvalue weighted by Gasteiger charge is 2.19. The molecule has 102 valence electrons. The van der Waals surface area contributed by atoms with Crippen LogP contribution in [0.25, 0.3) is 0 Å². The topological polar surface area (TPSA) is 72.0 Å². The second kappa shape index (κ2) is 5.07. The zero-order valence-electron chi connectivity index (χ0n) is 10.6. The monoisotopic (exact) mass is 317 g/mol. The van der Waals surface area contributed by atoms with Gasteiger partial charge in [0.2, 0.25) is 5.95 Å². The van der Waals surface area contributed by atoms with Gasteiger partial charge in [0.25, 0.3) is 10.0 Å². The molecule has 2 heterocycles. The van der Waals surface area contributed by atoms with Crippen molar-refractivity contribution in [1.29, 1.82) is 0 Å². The van der Waals surface area contributed by atoms with Gasteiger partial charge in [-0.25, -0.2) is 23.1 Å². The lowest BCUT2D eigenvalue weighted by atomic mass is 10.4. The van der Waals surface area contributed by atoms with Crippen LogP contribution in [0.3, 0.4) is 0 Å². The van der Waals surface area contributed by atoms with Crippen LogP contribution in [0.15, 0.2) is 16.3 Å². The molecule has 0 aliphatic rings. The number of nitrogens with zero attached hydrogens (tertiary/aromatic N) is 2. The predicted molar refractivity (Wildman–Crippen MR) is 76.4 cm³/mol. The van der Waals surface area contributed by atoms with E-state index in [1.807, 2.05) is 0 Å². The fourth-order valence-electron chi connectivity index (χ4n) is 1.51. The van der Waals surface area contributed by atoms with Crippen molar-refractivity contribution in [3.8, 4) is 0 Å². The molecule has 0 bridgehead atoms. The van der Waals surface area contributed by atoms with Crippen LogP contribution in [0.1, 0.15) is 17.0 Å². The van der Waals surface area contributed by atoms with Gasteiger partial charge >= 0.3 is 0 Å². The molecule has 0 saturated heterocycles. The highest BCUT2D eigenvalue weighted by Crippen LogP contribution is 2.30. The van der Waals surface area contributed by atoms with Gasteiger partial charge in [-0.15, -0.1) is 11.3 Å². The first-order chi connectivity index (χ1) is 8.78. The molecule has 0 aliphatic carbocycles. The van der Waals surface area contributed by atoms with Crippen LogP contribution in [-0.2, 0) is 10.0 Å². The Balaban J connectivity index is 2.36. The molecule has 0 amide bonds. The van der Waals surface area contributed by atoms with Gasteiger partial charge in [0.05, 0.1) is 4.34 Å². The second-order valence-corrected chi connectivity index (χ2v) is 7.67. The first kappa shape index (κ1) is 14.2. The summed E-state index contributed by atoms with van der Waals surface area (Å²) in [6.07, 6.45) is 0. The van der Waals surface area contributed by atoms with Gasteiger partial charge in [-0.05, 0) is 38.5 Å². The van der Waals surface area contributed by atoms with Gasteiger partial charge in [0.15, 0.2) is 0 Å². The molecule has 19 heavy (non-hydrogen) atoms. The van der Waals surface area contributed by atoms with Crippen LogP contribution in [-0.4, -0.2) is 18.4 Å². The Morgan fingerprint density at radius 3 is 2.21 bits per heavy atom. The molecule has 0 saturated carbocycles. The Morgan fingerprint density at radius 2 is 1.74 bits per heavy atom. The van der Waals surface area contributed by atoms with Crippen molar-refractivity contribution < 1.29 is 8.42 Å². The Labute approximate surface area is 120 Å². The van der Waals surface area contributed by atoms with Gasteiger partial charge in [-0.2, -0.15) is 0 Å². The van der Waals surface area contributed by atoms with E-state index >= 15 is 0 Å². The standard InChI is InChI=1S/C11H12ClN3O2S2/c1-6-4-9(18-10(6)12)19(16,17)15-11-13-7(2)5-8(3)14-11/h4-5H,1-3H3,(H,13,14,15). The number of rotatable bonds is 3. The first-order valence-electron chi connectivity index (χ1n) is 5.39. The minimum atomic E-state index is -3.69. The van der Waals surface area contributed by atoms with Crippen LogP contribution in [0, 0.1) is 20.8 Å². The Bertz CT molecular complexity index is 686. The van der Waals surface area contributed by atoms with Crippen LogP contribution >= 0.6 is 22.9 Å². The fraction of sp³-hybridized carbons (Fsp3) is 0.273. The quantitative estimate of drug-likeness (QED) is 0.944. The number of nitrogens with one attached hydrogen (secondary N) is 1. The summed E-state index contributed by atoms with van der Waals surface area (Å²) in [5.41, 5.74) is 2.13. The van der Waals surface area contributed by atoms with Gasteiger partial charge in [-0.1, -0.05) is 11.6 Å². The van der Waals surface area contributed by atoms with Crippen LogP contribution in [0.2, 0.25) is 4.34 Å². The van der Waals surface area contributed by atoms with Crippen molar-refractivity contribution in [1.82, 2.24) is 9.97 Å². The van der Waals surface area contributed by atoms with E-state index in [9.17, 15) is 8.42 Å². The molecule has 0 atom stereocenters. The maximum Gasteiger partial charge on any atom is 0.273 e. The number of thiophene rings is 1. The van der Waals surface area contributed by atoms with Gasteiger partial charge in [-0.3, -0.25) is 0 Å². The van der Waals surface area contributed by atoms with E-state index in [4.69, 9.17) is 11.6 Å². The Morgan fingerprint density at radius 1 is 1.16 bits per heavy atom. The van der Waals surface area contributed by atoms with E-state index in [1.54, 1.807) is 26.8 Å². The van der Waals surface area contributed by atoms with Crippen LogP contribution in [0.5, 0.6) is 0 Å². The molecule has 0 spiro atoms. The molecule has 0 unspecified atom stereocenters. The average Bonchev–Trinajstić information content (AvgIpc) is 2.57. The van der Waals surface area contributed by atoms with Gasteiger partial charge in [0.1, 0.15) is 4.21 Å². The maximum atomic E-state index is 12.2. The Kier molecular flexibility index (Phi) is 3.80. The van der Waals surface area contributed by atoms with E-state index in [0.717, 1.165) is 16.9 Å². The molecule has 8 heteroatoms. The zero-order valence-corrected chi connectivity index (χ0v) is 12.9. The van der Waals surface area contributed by atoms with Crippen LogP contribution in [0.4, 0.5) is 5.95 Å². The van der Waals surface area contributed by atoms with E-state index in [0.29, 0.717) is 15.7 Å². The lowest BCUT2D eigenvalue weighted by Crippen LogP contribution is -2.14. The SMILES string of the molecule is Cc1cc(C)nc(NS(=O)(=O)c2cc(C)c(Cl)s2)n1. The molecule has 0 aliphatic heterocycles. The summed E-state index contributed by atoms with van der Waals surface area (Å²) in [6.45, 7) is 5.31. The zero-order chi connectivity index (χ0) is 14.2.